The van der Waals surface area contributed by atoms with E-state index in [2.05, 4.69) is 24.2 Å². The average Bonchev–Trinajstić information content (AvgIpc) is 2.78. The van der Waals surface area contributed by atoms with Gasteiger partial charge < -0.3 is 4.57 Å². The van der Waals surface area contributed by atoms with E-state index in [4.69, 9.17) is 0 Å². The monoisotopic (exact) mass is 388 g/mol. The molecule has 140 valence electrons. The Hall–Kier alpha value is -2.43. The second-order valence-corrected chi connectivity index (χ2v) is 7.47. The number of alkyl halides is 3. The van der Waals surface area contributed by atoms with Crippen molar-refractivity contribution in [2.75, 3.05) is 5.75 Å². The maximum absolute atomic E-state index is 13.2. The van der Waals surface area contributed by atoms with E-state index >= 15 is 0 Å². The Labute approximate surface area is 160 Å². The molecule has 0 atom stereocenters. The molecule has 1 heterocycles. The number of benzene rings is 1. The van der Waals surface area contributed by atoms with Crippen LogP contribution in [-0.2, 0) is 7.05 Å². The van der Waals surface area contributed by atoms with Gasteiger partial charge in [-0.05, 0) is 42.0 Å². The molecule has 0 bridgehead atoms. The third kappa shape index (κ3) is 3.68. The molecule has 1 aromatic carbocycles. The van der Waals surface area contributed by atoms with Crippen LogP contribution in [0.25, 0.3) is 29.6 Å². The fourth-order valence-electron chi connectivity index (χ4n) is 3.05. The molecular formula is C21H19F3N2S. The first-order valence-electron chi connectivity index (χ1n) is 8.44. The van der Waals surface area contributed by atoms with Crippen LogP contribution in [0.2, 0.25) is 0 Å². The first kappa shape index (κ1) is 19.3. The summed E-state index contributed by atoms with van der Waals surface area (Å²) in [5.74, 6) is 1.51. The van der Waals surface area contributed by atoms with Crippen LogP contribution >= 0.6 is 11.8 Å². The summed E-state index contributed by atoms with van der Waals surface area (Å²) in [7, 11) is 1.81. The number of hydrogen-bond acceptors (Lipinski definition) is 2. The third-order valence-corrected chi connectivity index (χ3v) is 5.25. The SMILES string of the molecule is C=Cc1cc(C)c(-c2nc3c(n2C)C=C=CC(C(F)(F)F)=C3)c(SCC)c1. The molecule has 1 aliphatic carbocycles. The Balaban J connectivity index is 2.24. The molecule has 0 fully saturated rings. The quantitative estimate of drug-likeness (QED) is 0.453. The minimum absolute atomic E-state index is 0.292. The highest BCUT2D eigenvalue weighted by molar-refractivity contribution is 7.99. The van der Waals surface area contributed by atoms with Gasteiger partial charge >= 0.3 is 6.18 Å². The van der Waals surface area contributed by atoms with Crippen molar-refractivity contribution in [3.63, 3.8) is 0 Å². The summed E-state index contributed by atoms with van der Waals surface area (Å²) in [6.07, 6.45) is 0.918. The zero-order valence-electron chi connectivity index (χ0n) is 15.3. The van der Waals surface area contributed by atoms with Crippen LogP contribution in [0.4, 0.5) is 13.2 Å². The van der Waals surface area contributed by atoms with Gasteiger partial charge in [0, 0.05) is 23.6 Å². The van der Waals surface area contributed by atoms with Crippen LogP contribution < -0.4 is 0 Å². The molecule has 1 aliphatic rings. The second-order valence-electron chi connectivity index (χ2n) is 6.17. The van der Waals surface area contributed by atoms with E-state index in [0.717, 1.165) is 39.5 Å². The van der Waals surface area contributed by atoms with Gasteiger partial charge in [-0.1, -0.05) is 25.6 Å². The van der Waals surface area contributed by atoms with Crippen LogP contribution in [0.1, 0.15) is 29.4 Å². The molecule has 0 saturated carbocycles. The maximum Gasteiger partial charge on any atom is 0.417 e. The maximum atomic E-state index is 13.2. The Kier molecular flexibility index (Phi) is 5.22. The highest BCUT2D eigenvalue weighted by Gasteiger charge is 2.33. The van der Waals surface area contributed by atoms with Gasteiger partial charge in [0.1, 0.15) is 5.82 Å². The van der Waals surface area contributed by atoms with Crippen LogP contribution in [0.3, 0.4) is 0 Å². The van der Waals surface area contributed by atoms with Crippen LogP contribution in [-0.4, -0.2) is 21.5 Å². The summed E-state index contributed by atoms with van der Waals surface area (Å²) in [6, 6.07) is 4.05. The summed E-state index contributed by atoms with van der Waals surface area (Å²) >= 11 is 1.68. The van der Waals surface area contributed by atoms with E-state index in [9.17, 15) is 13.2 Å². The number of thioether (sulfide) groups is 1. The van der Waals surface area contributed by atoms with Crippen molar-refractivity contribution >= 4 is 30.0 Å². The van der Waals surface area contributed by atoms with Crippen molar-refractivity contribution in [2.24, 2.45) is 7.05 Å². The Morgan fingerprint density at radius 1 is 1.30 bits per heavy atom. The fourth-order valence-corrected chi connectivity index (χ4v) is 3.98. The lowest BCUT2D eigenvalue weighted by Crippen LogP contribution is -2.09. The van der Waals surface area contributed by atoms with Gasteiger partial charge in [-0.25, -0.2) is 4.98 Å². The number of rotatable bonds is 4. The van der Waals surface area contributed by atoms with Crippen molar-refractivity contribution in [1.29, 1.82) is 0 Å². The lowest BCUT2D eigenvalue weighted by atomic mass is 10.0. The van der Waals surface area contributed by atoms with Gasteiger partial charge in [-0.2, -0.15) is 13.2 Å². The summed E-state index contributed by atoms with van der Waals surface area (Å²) in [4.78, 5) is 5.60. The third-order valence-electron chi connectivity index (χ3n) is 4.33. The van der Waals surface area contributed by atoms with Crippen molar-refractivity contribution in [3.05, 3.63) is 58.6 Å². The molecule has 2 aromatic rings. The number of aromatic nitrogens is 2. The predicted octanol–water partition coefficient (Wildman–Crippen LogP) is 6.28. The highest BCUT2D eigenvalue weighted by Crippen LogP contribution is 2.37. The number of allylic oxidation sites excluding steroid dienone is 2. The lowest BCUT2D eigenvalue weighted by molar-refractivity contribution is -0.0872. The molecule has 0 N–H and O–H groups in total. The molecular weight excluding hydrogens is 369 g/mol. The molecule has 0 spiro atoms. The molecule has 0 saturated heterocycles. The minimum Gasteiger partial charge on any atom is -0.327 e. The fraction of sp³-hybridized carbons (Fsp3) is 0.238. The average molecular weight is 388 g/mol. The summed E-state index contributed by atoms with van der Waals surface area (Å²) in [5.41, 5.74) is 5.69. The van der Waals surface area contributed by atoms with Crippen molar-refractivity contribution in [2.45, 2.75) is 24.9 Å². The zero-order valence-corrected chi connectivity index (χ0v) is 16.1. The number of imidazole rings is 1. The summed E-state index contributed by atoms with van der Waals surface area (Å²) in [5, 5.41) is 0. The van der Waals surface area contributed by atoms with Gasteiger partial charge in [-0.15, -0.1) is 17.5 Å². The molecule has 0 aliphatic heterocycles. The Bertz CT molecular complexity index is 1000. The first-order valence-corrected chi connectivity index (χ1v) is 9.43. The standard InChI is InChI=1S/C21H19F3N2S/c1-5-14-10-13(3)19(18(11-14)27-6-2)20-25-16-12-15(21(22,23)24)8-7-9-17(16)26(20)4/h5,8-12H,1,6H2,2-4H3. The van der Waals surface area contributed by atoms with E-state index in [0.29, 0.717) is 17.2 Å². The van der Waals surface area contributed by atoms with Crippen molar-refractivity contribution in [3.8, 4) is 11.4 Å². The van der Waals surface area contributed by atoms with E-state index in [1.165, 1.54) is 0 Å². The van der Waals surface area contributed by atoms with Crippen LogP contribution in [0, 0.1) is 6.92 Å². The smallest absolute Gasteiger partial charge is 0.327 e. The highest BCUT2D eigenvalue weighted by atomic mass is 32.2. The normalized spacial score (nSPS) is 13.3. The predicted molar refractivity (Wildman–Crippen MR) is 106 cm³/mol. The largest absolute Gasteiger partial charge is 0.417 e. The molecule has 27 heavy (non-hydrogen) atoms. The molecule has 6 heteroatoms. The zero-order chi connectivity index (χ0) is 19.8. The van der Waals surface area contributed by atoms with E-state index in [-0.39, 0.29) is 0 Å². The molecule has 0 radical (unpaired) electrons. The van der Waals surface area contributed by atoms with E-state index < -0.39 is 11.7 Å². The lowest BCUT2D eigenvalue weighted by Gasteiger charge is -2.13. The van der Waals surface area contributed by atoms with Crippen molar-refractivity contribution in [1.82, 2.24) is 9.55 Å². The minimum atomic E-state index is -4.44. The molecule has 0 amide bonds. The van der Waals surface area contributed by atoms with Gasteiger partial charge in [-0.3, -0.25) is 0 Å². The number of halogens is 3. The summed E-state index contributed by atoms with van der Waals surface area (Å²) < 4.78 is 41.3. The van der Waals surface area contributed by atoms with Gasteiger partial charge in [0.05, 0.1) is 17.0 Å². The Morgan fingerprint density at radius 2 is 2.04 bits per heavy atom. The van der Waals surface area contributed by atoms with Gasteiger partial charge in [0.25, 0.3) is 0 Å². The summed E-state index contributed by atoms with van der Waals surface area (Å²) in [6.45, 7) is 7.87. The van der Waals surface area contributed by atoms with Gasteiger partial charge in [0.15, 0.2) is 0 Å². The molecule has 3 rings (SSSR count). The Morgan fingerprint density at radius 3 is 2.67 bits per heavy atom. The van der Waals surface area contributed by atoms with Gasteiger partial charge in [0.2, 0.25) is 0 Å². The first-order chi connectivity index (χ1) is 12.8. The van der Waals surface area contributed by atoms with E-state index in [1.807, 2.05) is 30.7 Å². The van der Waals surface area contributed by atoms with Crippen LogP contribution in [0.5, 0.6) is 0 Å². The number of hydrogen-bond donors (Lipinski definition) is 0. The topological polar surface area (TPSA) is 17.8 Å². The van der Waals surface area contributed by atoms with Crippen LogP contribution in [0.15, 0.2) is 41.0 Å². The molecule has 0 unspecified atom stereocenters. The molecule has 2 nitrogen and oxygen atoms in total. The van der Waals surface area contributed by atoms with Crippen molar-refractivity contribution < 1.29 is 13.2 Å². The molecule has 1 aromatic heterocycles. The van der Waals surface area contributed by atoms with E-state index in [1.54, 1.807) is 23.9 Å². The number of aryl methyl sites for hydroxylation is 1. The number of fused-ring (bicyclic) bond motifs is 1. The number of nitrogens with zero attached hydrogens (tertiary/aromatic N) is 2. The second kappa shape index (κ2) is 7.29.